The van der Waals surface area contributed by atoms with E-state index in [0.717, 1.165) is 45.4 Å². The molecule has 3 nitrogen and oxygen atoms in total. The Kier molecular flexibility index (Phi) is 3.91. The standard InChI is InChI=1S/C19H26N2O/c22-19-15-5-4-8-17(19)18(10-9-15)21-13-11-20(12-14-21)16-6-2-1-3-7-16/h1-3,6-7,15,17-18H,4-5,8-14H2/t15-,17+,18+/m0/s1. The van der Waals surface area contributed by atoms with Gasteiger partial charge in [-0.3, -0.25) is 9.69 Å². The number of nitrogens with zero attached hydrogens (tertiary/aromatic N) is 2. The Morgan fingerprint density at radius 1 is 0.864 bits per heavy atom. The predicted molar refractivity (Wildman–Crippen MR) is 89.1 cm³/mol. The van der Waals surface area contributed by atoms with Crippen molar-refractivity contribution in [3.8, 4) is 0 Å². The molecule has 2 saturated carbocycles. The molecular formula is C19H26N2O. The van der Waals surface area contributed by atoms with E-state index in [4.69, 9.17) is 0 Å². The fraction of sp³-hybridized carbons (Fsp3) is 0.632. The lowest BCUT2D eigenvalue weighted by atomic mass is 9.68. The number of hydrogen-bond donors (Lipinski definition) is 0. The summed E-state index contributed by atoms with van der Waals surface area (Å²) in [5.41, 5.74) is 1.33. The van der Waals surface area contributed by atoms with E-state index in [9.17, 15) is 4.79 Å². The molecule has 1 aliphatic heterocycles. The number of piperazine rings is 1. The van der Waals surface area contributed by atoms with Crippen LogP contribution >= 0.6 is 0 Å². The highest BCUT2D eigenvalue weighted by Crippen LogP contribution is 2.39. The summed E-state index contributed by atoms with van der Waals surface area (Å²) in [6.45, 7) is 4.39. The van der Waals surface area contributed by atoms with Gasteiger partial charge in [-0.2, -0.15) is 0 Å². The molecular weight excluding hydrogens is 272 g/mol. The molecule has 3 heteroatoms. The third kappa shape index (κ3) is 2.56. The number of hydrogen-bond acceptors (Lipinski definition) is 3. The lowest BCUT2D eigenvalue weighted by Crippen LogP contribution is -2.56. The second kappa shape index (κ2) is 6.04. The van der Waals surface area contributed by atoms with Gasteiger partial charge in [0.15, 0.2) is 0 Å². The number of rotatable bonds is 2. The first-order chi connectivity index (χ1) is 10.8. The van der Waals surface area contributed by atoms with Gasteiger partial charge in [0.05, 0.1) is 0 Å². The second-order valence-electron chi connectivity index (χ2n) is 7.14. The summed E-state index contributed by atoms with van der Waals surface area (Å²) in [7, 11) is 0. The van der Waals surface area contributed by atoms with Gasteiger partial charge < -0.3 is 4.90 Å². The highest BCUT2D eigenvalue weighted by atomic mass is 16.1. The van der Waals surface area contributed by atoms with E-state index in [2.05, 4.69) is 40.1 Å². The van der Waals surface area contributed by atoms with Crippen molar-refractivity contribution in [2.24, 2.45) is 11.8 Å². The average molecular weight is 298 g/mol. The van der Waals surface area contributed by atoms with E-state index < -0.39 is 0 Å². The zero-order valence-corrected chi connectivity index (χ0v) is 13.3. The number of carbonyl (C=O) groups is 1. The Morgan fingerprint density at radius 3 is 2.41 bits per heavy atom. The number of fused-ring (bicyclic) bond motifs is 2. The fourth-order valence-corrected chi connectivity index (χ4v) is 4.80. The quantitative estimate of drug-likeness (QED) is 0.838. The molecule has 118 valence electrons. The van der Waals surface area contributed by atoms with Gasteiger partial charge in [0.1, 0.15) is 5.78 Å². The fourth-order valence-electron chi connectivity index (χ4n) is 4.80. The Hall–Kier alpha value is -1.35. The van der Waals surface area contributed by atoms with E-state index in [0.29, 0.717) is 23.7 Å². The molecule has 0 unspecified atom stereocenters. The summed E-state index contributed by atoms with van der Waals surface area (Å²) in [5, 5.41) is 0. The number of carbonyl (C=O) groups excluding carboxylic acids is 1. The molecule has 2 aliphatic carbocycles. The first-order valence-electron chi connectivity index (χ1n) is 8.91. The van der Waals surface area contributed by atoms with Gasteiger partial charge in [0, 0.05) is 49.7 Å². The minimum absolute atomic E-state index is 0.343. The lowest BCUT2D eigenvalue weighted by Gasteiger charge is -2.47. The molecule has 0 radical (unpaired) electrons. The van der Waals surface area contributed by atoms with Crippen LogP contribution in [0.15, 0.2) is 30.3 Å². The largest absolute Gasteiger partial charge is 0.369 e. The van der Waals surface area contributed by atoms with Gasteiger partial charge in [-0.05, 0) is 37.8 Å². The minimum Gasteiger partial charge on any atom is -0.369 e. The number of benzene rings is 1. The zero-order valence-electron chi connectivity index (χ0n) is 13.3. The van der Waals surface area contributed by atoms with E-state index >= 15 is 0 Å². The average Bonchev–Trinajstić information content (AvgIpc) is 2.56. The van der Waals surface area contributed by atoms with Gasteiger partial charge >= 0.3 is 0 Å². The Labute approximate surface area is 133 Å². The van der Waals surface area contributed by atoms with Crippen LogP contribution in [0.25, 0.3) is 0 Å². The summed E-state index contributed by atoms with van der Waals surface area (Å²) in [4.78, 5) is 17.6. The Bertz CT molecular complexity index is 521. The van der Waals surface area contributed by atoms with Crippen LogP contribution in [0.4, 0.5) is 5.69 Å². The van der Waals surface area contributed by atoms with Crippen LogP contribution in [0.5, 0.6) is 0 Å². The maximum absolute atomic E-state index is 12.5. The number of Topliss-reactive ketones (excluding diaryl/α,β-unsaturated/α-hetero) is 1. The molecule has 2 bridgehead atoms. The normalized spacial score (nSPS) is 33.0. The maximum atomic E-state index is 12.5. The van der Waals surface area contributed by atoms with Crippen molar-refractivity contribution in [3.05, 3.63) is 30.3 Å². The van der Waals surface area contributed by atoms with Crippen molar-refractivity contribution in [2.75, 3.05) is 31.1 Å². The molecule has 1 aromatic carbocycles. The molecule has 3 fully saturated rings. The molecule has 1 aromatic rings. The van der Waals surface area contributed by atoms with E-state index in [1.807, 2.05) is 0 Å². The number of para-hydroxylation sites is 1. The van der Waals surface area contributed by atoms with Gasteiger partial charge in [0.25, 0.3) is 0 Å². The summed E-state index contributed by atoms with van der Waals surface area (Å²) >= 11 is 0. The van der Waals surface area contributed by atoms with Crippen LogP contribution < -0.4 is 4.90 Å². The van der Waals surface area contributed by atoms with Crippen molar-refractivity contribution < 1.29 is 4.79 Å². The first kappa shape index (κ1) is 14.3. The number of ketones is 1. The van der Waals surface area contributed by atoms with Gasteiger partial charge in [0.2, 0.25) is 0 Å². The van der Waals surface area contributed by atoms with Crippen molar-refractivity contribution in [3.63, 3.8) is 0 Å². The van der Waals surface area contributed by atoms with Crippen molar-refractivity contribution in [2.45, 2.75) is 38.1 Å². The van der Waals surface area contributed by atoms with Crippen LogP contribution in [0.1, 0.15) is 32.1 Å². The molecule has 0 spiro atoms. The monoisotopic (exact) mass is 298 g/mol. The van der Waals surface area contributed by atoms with Crippen molar-refractivity contribution in [1.82, 2.24) is 4.90 Å². The molecule has 4 rings (SSSR count). The summed E-state index contributed by atoms with van der Waals surface area (Å²) in [5.74, 6) is 1.34. The Morgan fingerprint density at radius 2 is 1.64 bits per heavy atom. The van der Waals surface area contributed by atoms with Gasteiger partial charge in [-0.1, -0.05) is 24.6 Å². The molecule has 3 atom stereocenters. The highest BCUT2D eigenvalue weighted by molar-refractivity contribution is 5.85. The first-order valence-corrected chi connectivity index (χ1v) is 8.91. The molecule has 1 heterocycles. The molecule has 0 amide bonds. The summed E-state index contributed by atoms with van der Waals surface area (Å²) < 4.78 is 0. The van der Waals surface area contributed by atoms with Crippen LogP contribution in [0.2, 0.25) is 0 Å². The predicted octanol–water partition coefficient (Wildman–Crippen LogP) is 2.96. The summed E-state index contributed by atoms with van der Waals surface area (Å²) in [6.07, 6.45) is 5.94. The topological polar surface area (TPSA) is 23.6 Å². The zero-order chi connectivity index (χ0) is 14.9. The molecule has 0 aromatic heterocycles. The highest BCUT2D eigenvalue weighted by Gasteiger charge is 2.43. The SMILES string of the molecule is O=C1[C@H]2CCC[C@@H]1[C@H](N1CCN(c3ccccc3)CC1)CC2. The summed E-state index contributed by atoms with van der Waals surface area (Å²) in [6, 6.07) is 11.2. The molecule has 22 heavy (non-hydrogen) atoms. The van der Waals surface area contributed by atoms with Crippen LogP contribution in [-0.4, -0.2) is 42.9 Å². The smallest absolute Gasteiger partial charge is 0.140 e. The second-order valence-corrected chi connectivity index (χ2v) is 7.14. The van der Waals surface area contributed by atoms with Crippen LogP contribution in [-0.2, 0) is 4.79 Å². The third-order valence-electron chi connectivity index (χ3n) is 6.02. The van der Waals surface area contributed by atoms with E-state index in [1.54, 1.807) is 0 Å². The van der Waals surface area contributed by atoms with E-state index in [1.165, 1.54) is 18.5 Å². The third-order valence-corrected chi connectivity index (χ3v) is 6.02. The Balaban J connectivity index is 1.40. The van der Waals surface area contributed by atoms with E-state index in [-0.39, 0.29) is 0 Å². The molecule has 3 aliphatic rings. The number of anilines is 1. The lowest BCUT2D eigenvalue weighted by molar-refractivity contribution is -0.135. The van der Waals surface area contributed by atoms with Crippen LogP contribution in [0, 0.1) is 11.8 Å². The maximum Gasteiger partial charge on any atom is 0.140 e. The van der Waals surface area contributed by atoms with Crippen LogP contribution in [0.3, 0.4) is 0 Å². The molecule has 0 N–H and O–H groups in total. The molecule has 1 saturated heterocycles. The van der Waals surface area contributed by atoms with Crippen molar-refractivity contribution >= 4 is 11.5 Å². The van der Waals surface area contributed by atoms with Gasteiger partial charge in [-0.25, -0.2) is 0 Å². The van der Waals surface area contributed by atoms with Crippen molar-refractivity contribution in [1.29, 1.82) is 0 Å². The van der Waals surface area contributed by atoms with Gasteiger partial charge in [-0.15, -0.1) is 0 Å². The minimum atomic E-state index is 0.343.